The van der Waals surface area contributed by atoms with E-state index in [9.17, 15) is 4.79 Å². The van der Waals surface area contributed by atoms with E-state index in [1.807, 2.05) is 36.1 Å². The first kappa shape index (κ1) is 12.6. The van der Waals surface area contributed by atoms with Gasteiger partial charge in [-0.2, -0.15) is 0 Å². The van der Waals surface area contributed by atoms with Gasteiger partial charge in [-0.25, -0.2) is 4.79 Å². The zero-order valence-corrected chi connectivity index (χ0v) is 9.99. The highest BCUT2D eigenvalue weighted by molar-refractivity contribution is 5.85. The summed E-state index contributed by atoms with van der Waals surface area (Å²) in [5.41, 5.74) is 1.96. The number of para-hydroxylation sites is 2. The van der Waals surface area contributed by atoms with E-state index in [1.165, 1.54) is 0 Å². The van der Waals surface area contributed by atoms with E-state index in [2.05, 4.69) is 5.32 Å². The van der Waals surface area contributed by atoms with Crippen molar-refractivity contribution in [2.45, 2.75) is 26.1 Å². The van der Waals surface area contributed by atoms with Crippen molar-refractivity contribution in [2.75, 3.05) is 10.2 Å². The van der Waals surface area contributed by atoms with Crippen LogP contribution in [-0.2, 0) is 4.79 Å². The Labute approximate surface area is 101 Å². The maximum absolute atomic E-state index is 11.0. The number of benzene rings is 1. The van der Waals surface area contributed by atoms with Gasteiger partial charge in [0.2, 0.25) is 0 Å². The van der Waals surface area contributed by atoms with E-state index in [4.69, 9.17) is 5.11 Å². The molecule has 88 valence electrons. The van der Waals surface area contributed by atoms with E-state index in [0.29, 0.717) is 0 Å². The van der Waals surface area contributed by atoms with Crippen molar-refractivity contribution in [3.63, 3.8) is 0 Å². The van der Waals surface area contributed by atoms with E-state index >= 15 is 0 Å². The number of hydrogen-bond acceptors (Lipinski definition) is 3. The topological polar surface area (TPSA) is 52.6 Å². The molecular formula is C11H15ClN2O2. The number of carboxylic acid groups (broad SMARTS) is 1. The van der Waals surface area contributed by atoms with Crippen LogP contribution in [0.5, 0.6) is 0 Å². The number of nitrogens with zero attached hydrogens (tertiary/aromatic N) is 1. The first-order valence-electron chi connectivity index (χ1n) is 4.98. The van der Waals surface area contributed by atoms with Crippen molar-refractivity contribution >= 4 is 29.8 Å². The molecule has 1 aliphatic heterocycles. The molecule has 2 N–H and O–H groups in total. The van der Waals surface area contributed by atoms with E-state index in [0.717, 1.165) is 11.4 Å². The second kappa shape index (κ2) is 4.61. The van der Waals surface area contributed by atoms with Crippen LogP contribution in [0.1, 0.15) is 13.8 Å². The first-order chi connectivity index (χ1) is 7.11. The molecule has 0 aromatic heterocycles. The van der Waals surface area contributed by atoms with E-state index in [1.54, 1.807) is 6.92 Å². The Bertz CT molecular complexity index is 397. The summed E-state index contributed by atoms with van der Waals surface area (Å²) in [5.74, 6) is -0.805. The van der Waals surface area contributed by atoms with Crippen LogP contribution in [-0.4, -0.2) is 23.3 Å². The summed E-state index contributed by atoms with van der Waals surface area (Å²) in [7, 11) is 0. The molecule has 1 aromatic rings. The predicted octanol–water partition coefficient (Wildman–Crippen LogP) is 2.16. The van der Waals surface area contributed by atoms with Crippen molar-refractivity contribution in [3.05, 3.63) is 24.3 Å². The van der Waals surface area contributed by atoms with Gasteiger partial charge in [0, 0.05) is 0 Å². The lowest BCUT2D eigenvalue weighted by Gasteiger charge is -2.27. The second-order valence-corrected chi connectivity index (χ2v) is 3.76. The van der Waals surface area contributed by atoms with Gasteiger partial charge in [-0.1, -0.05) is 12.1 Å². The number of carboxylic acids is 1. The summed E-state index contributed by atoms with van der Waals surface area (Å²) in [6.07, 6.45) is 0.0218. The van der Waals surface area contributed by atoms with Crippen LogP contribution in [0.2, 0.25) is 0 Å². The number of fused-ring (bicyclic) bond motifs is 1. The minimum absolute atomic E-state index is 0. The van der Waals surface area contributed by atoms with Gasteiger partial charge in [-0.15, -0.1) is 12.4 Å². The van der Waals surface area contributed by atoms with Crippen LogP contribution in [0.3, 0.4) is 0 Å². The quantitative estimate of drug-likeness (QED) is 0.835. The molecule has 1 aromatic carbocycles. The van der Waals surface area contributed by atoms with Crippen LogP contribution in [0, 0.1) is 0 Å². The molecule has 0 bridgehead atoms. The average Bonchev–Trinajstić information content (AvgIpc) is 2.52. The second-order valence-electron chi connectivity index (χ2n) is 3.76. The molecule has 2 unspecified atom stereocenters. The molecule has 2 atom stereocenters. The van der Waals surface area contributed by atoms with Crippen LogP contribution < -0.4 is 10.2 Å². The molecule has 0 fully saturated rings. The fourth-order valence-electron chi connectivity index (χ4n) is 1.99. The number of rotatable bonds is 2. The maximum Gasteiger partial charge on any atom is 0.326 e. The zero-order chi connectivity index (χ0) is 11.0. The van der Waals surface area contributed by atoms with Gasteiger partial charge in [-0.3, -0.25) is 0 Å². The third-order valence-corrected chi connectivity index (χ3v) is 2.74. The Morgan fingerprint density at radius 1 is 1.50 bits per heavy atom. The normalized spacial score (nSPS) is 19.4. The fraction of sp³-hybridized carbons (Fsp3) is 0.364. The highest BCUT2D eigenvalue weighted by Crippen LogP contribution is 2.35. The van der Waals surface area contributed by atoms with Gasteiger partial charge in [0.05, 0.1) is 17.5 Å². The Morgan fingerprint density at radius 2 is 2.12 bits per heavy atom. The highest BCUT2D eigenvalue weighted by atomic mass is 35.5. The third-order valence-electron chi connectivity index (χ3n) is 2.74. The highest BCUT2D eigenvalue weighted by Gasteiger charge is 2.31. The maximum atomic E-state index is 11.0. The van der Waals surface area contributed by atoms with Crippen LogP contribution >= 0.6 is 12.4 Å². The summed E-state index contributed by atoms with van der Waals surface area (Å²) in [4.78, 5) is 12.8. The Balaban J connectivity index is 0.00000128. The van der Waals surface area contributed by atoms with Gasteiger partial charge in [0.15, 0.2) is 0 Å². The lowest BCUT2D eigenvalue weighted by Crippen LogP contribution is -2.44. The van der Waals surface area contributed by atoms with Gasteiger partial charge in [0.1, 0.15) is 6.04 Å². The smallest absolute Gasteiger partial charge is 0.326 e. The van der Waals surface area contributed by atoms with Crippen molar-refractivity contribution in [1.29, 1.82) is 0 Å². The number of nitrogens with one attached hydrogen (secondary N) is 1. The van der Waals surface area contributed by atoms with Gasteiger partial charge >= 0.3 is 5.97 Å². The predicted molar refractivity (Wildman–Crippen MR) is 66.4 cm³/mol. The molecule has 0 aliphatic carbocycles. The van der Waals surface area contributed by atoms with Crippen molar-refractivity contribution in [3.8, 4) is 0 Å². The number of hydrogen-bond donors (Lipinski definition) is 2. The average molecular weight is 243 g/mol. The summed E-state index contributed by atoms with van der Waals surface area (Å²) >= 11 is 0. The van der Waals surface area contributed by atoms with Gasteiger partial charge in [-0.05, 0) is 26.0 Å². The molecule has 0 radical (unpaired) electrons. The molecule has 0 saturated heterocycles. The lowest BCUT2D eigenvalue weighted by atomic mass is 10.2. The minimum Gasteiger partial charge on any atom is -0.480 e. The monoisotopic (exact) mass is 242 g/mol. The van der Waals surface area contributed by atoms with Crippen molar-refractivity contribution in [1.82, 2.24) is 0 Å². The standard InChI is InChI=1S/C11H14N2O2.ClH/c1-7(11(14)15)13-8(2)12-9-5-3-4-6-10(9)13;/h3-8,12H,1-2H3,(H,14,15);1H. The Hall–Kier alpha value is -1.42. The molecule has 16 heavy (non-hydrogen) atoms. The summed E-state index contributed by atoms with van der Waals surface area (Å²) in [6, 6.07) is 7.23. The molecule has 4 nitrogen and oxygen atoms in total. The summed E-state index contributed by atoms with van der Waals surface area (Å²) in [5, 5.41) is 12.3. The van der Waals surface area contributed by atoms with Crippen LogP contribution in [0.15, 0.2) is 24.3 Å². The summed E-state index contributed by atoms with van der Waals surface area (Å²) < 4.78 is 0. The SMILES string of the molecule is CC1Nc2ccccc2N1C(C)C(=O)O.Cl. The number of halogens is 1. The minimum atomic E-state index is -0.805. The summed E-state index contributed by atoms with van der Waals surface area (Å²) in [6.45, 7) is 3.65. The molecular weight excluding hydrogens is 228 g/mol. The zero-order valence-electron chi connectivity index (χ0n) is 9.18. The molecule has 1 heterocycles. The number of carbonyl (C=O) groups is 1. The van der Waals surface area contributed by atoms with Crippen LogP contribution in [0.4, 0.5) is 11.4 Å². The number of anilines is 2. The van der Waals surface area contributed by atoms with Crippen molar-refractivity contribution < 1.29 is 9.90 Å². The lowest BCUT2D eigenvalue weighted by molar-refractivity contribution is -0.138. The van der Waals surface area contributed by atoms with Crippen LogP contribution in [0.25, 0.3) is 0 Å². The molecule has 0 amide bonds. The first-order valence-corrected chi connectivity index (χ1v) is 4.98. The van der Waals surface area contributed by atoms with Gasteiger partial charge in [0.25, 0.3) is 0 Å². The van der Waals surface area contributed by atoms with Crippen molar-refractivity contribution in [2.24, 2.45) is 0 Å². The van der Waals surface area contributed by atoms with Gasteiger partial charge < -0.3 is 15.3 Å². The van der Waals surface area contributed by atoms with E-state index < -0.39 is 12.0 Å². The molecule has 1 aliphatic rings. The molecule has 5 heteroatoms. The largest absolute Gasteiger partial charge is 0.480 e. The van der Waals surface area contributed by atoms with E-state index in [-0.39, 0.29) is 18.6 Å². The molecule has 0 saturated carbocycles. The Kier molecular flexibility index (Phi) is 3.65. The fourth-order valence-corrected chi connectivity index (χ4v) is 1.99. The molecule has 0 spiro atoms. The Morgan fingerprint density at radius 3 is 2.75 bits per heavy atom. The molecule has 2 rings (SSSR count). The third kappa shape index (κ3) is 1.93. The number of aliphatic carboxylic acids is 1.